The molecule has 1 unspecified atom stereocenters. The quantitative estimate of drug-likeness (QED) is 0.694. The second-order valence-electron chi connectivity index (χ2n) is 3.61. The van der Waals surface area contributed by atoms with E-state index in [1.807, 2.05) is 25.1 Å². The number of aliphatic carboxylic acids is 1. The van der Waals surface area contributed by atoms with Gasteiger partial charge < -0.3 is 15.8 Å². The topological polar surface area (TPSA) is 79.1 Å². The zero-order valence-electron chi connectivity index (χ0n) is 8.32. The molecule has 4 N–H and O–H groups in total. The van der Waals surface area contributed by atoms with Crippen LogP contribution >= 0.6 is 0 Å². The van der Waals surface area contributed by atoms with Crippen LogP contribution in [0.25, 0.3) is 10.9 Å². The Morgan fingerprint density at radius 3 is 2.93 bits per heavy atom. The lowest BCUT2D eigenvalue weighted by molar-refractivity contribution is -0.138. The predicted molar refractivity (Wildman–Crippen MR) is 57.6 cm³/mol. The number of carboxylic acid groups (broad SMARTS) is 1. The minimum atomic E-state index is -1.02. The van der Waals surface area contributed by atoms with Crippen LogP contribution in [0.1, 0.15) is 17.2 Å². The molecule has 4 heteroatoms. The van der Waals surface area contributed by atoms with E-state index in [1.54, 1.807) is 6.20 Å². The number of carboxylic acids is 1. The zero-order valence-corrected chi connectivity index (χ0v) is 8.32. The van der Waals surface area contributed by atoms with Gasteiger partial charge >= 0.3 is 5.97 Å². The Hall–Kier alpha value is -1.81. The zero-order chi connectivity index (χ0) is 11.0. The van der Waals surface area contributed by atoms with Gasteiger partial charge in [0.15, 0.2) is 0 Å². The molecule has 0 radical (unpaired) electrons. The van der Waals surface area contributed by atoms with E-state index in [9.17, 15) is 4.79 Å². The highest BCUT2D eigenvalue weighted by atomic mass is 16.4. The van der Waals surface area contributed by atoms with Crippen molar-refractivity contribution in [3.8, 4) is 0 Å². The van der Waals surface area contributed by atoms with Gasteiger partial charge in [0.1, 0.15) is 6.04 Å². The first-order valence-corrected chi connectivity index (χ1v) is 4.65. The van der Waals surface area contributed by atoms with Gasteiger partial charge in [-0.3, -0.25) is 4.79 Å². The van der Waals surface area contributed by atoms with Gasteiger partial charge in [-0.2, -0.15) is 0 Å². The first-order chi connectivity index (χ1) is 7.09. The normalized spacial score (nSPS) is 12.9. The van der Waals surface area contributed by atoms with Crippen LogP contribution in [0.2, 0.25) is 0 Å². The van der Waals surface area contributed by atoms with Crippen molar-refractivity contribution in [1.82, 2.24) is 4.98 Å². The van der Waals surface area contributed by atoms with E-state index in [0.717, 1.165) is 16.5 Å². The third-order valence-corrected chi connectivity index (χ3v) is 2.47. The summed E-state index contributed by atoms with van der Waals surface area (Å²) in [6, 6.07) is 4.85. The van der Waals surface area contributed by atoms with Gasteiger partial charge in [-0.1, -0.05) is 11.6 Å². The number of aromatic amines is 1. The lowest BCUT2D eigenvalue weighted by Crippen LogP contribution is -2.20. The Bertz CT molecular complexity index is 516. The molecule has 0 aliphatic carbocycles. The van der Waals surface area contributed by atoms with E-state index in [1.165, 1.54) is 0 Å². The summed E-state index contributed by atoms with van der Waals surface area (Å²) in [6.07, 6.45) is 1.66. The maximum Gasteiger partial charge on any atom is 0.325 e. The molecule has 0 spiro atoms. The van der Waals surface area contributed by atoms with Crippen LogP contribution < -0.4 is 5.73 Å². The maximum absolute atomic E-state index is 10.8. The maximum atomic E-state index is 10.8. The van der Waals surface area contributed by atoms with E-state index in [-0.39, 0.29) is 0 Å². The molecule has 4 nitrogen and oxygen atoms in total. The smallest absolute Gasteiger partial charge is 0.325 e. The van der Waals surface area contributed by atoms with Crippen LogP contribution in [-0.2, 0) is 4.79 Å². The highest BCUT2D eigenvalue weighted by Gasteiger charge is 2.17. The molecular weight excluding hydrogens is 192 g/mol. The Morgan fingerprint density at radius 1 is 1.53 bits per heavy atom. The molecule has 2 aromatic rings. The SMILES string of the molecule is Cc1ccc2[nH]cc(C(N)C(=O)O)c2c1. The molecule has 1 aromatic heterocycles. The molecule has 2 rings (SSSR count). The average Bonchev–Trinajstić information content (AvgIpc) is 2.59. The second kappa shape index (κ2) is 3.40. The number of rotatable bonds is 2. The van der Waals surface area contributed by atoms with E-state index in [2.05, 4.69) is 4.98 Å². The Labute approximate surface area is 86.7 Å². The van der Waals surface area contributed by atoms with Crippen LogP contribution in [0.5, 0.6) is 0 Å². The average molecular weight is 204 g/mol. The van der Waals surface area contributed by atoms with Crippen LogP contribution in [0, 0.1) is 6.92 Å². The minimum Gasteiger partial charge on any atom is -0.480 e. The van der Waals surface area contributed by atoms with E-state index >= 15 is 0 Å². The Balaban J connectivity index is 2.61. The minimum absolute atomic E-state index is 0.626. The van der Waals surface area contributed by atoms with Crippen molar-refractivity contribution in [3.63, 3.8) is 0 Å². The van der Waals surface area contributed by atoms with E-state index in [4.69, 9.17) is 10.8 Å². The molecule has 15 heavy (non-hydrogen) atoms. The van der Waals surface area contributed by atoms with Gasteiger partial charge in [0.25, 0.3) is 0 Å². The van der Waals surface area contributed by atoms with Crippen LogP contribution in [0.3, 0.4) is 0 Å². The number of aryl methyl sites for hydroxylation is 1. The number of hydrogen-bond donors (Lipinski definition) is 3. The van der Waals surface area contributed by atoms with Crippen molar-refractivity contribution in [2.45, 2.75) is 13.0 Å². The molecular formula is C11H12N2O2. The highest BCUT2D eigenvalue weighted by molar-refractivity contribution is 5.89. The van der Waals surface area contributed by atoms with Crippen molar-refractivity contribution in [3.05, 3.63) is 35.5 Å². The number of benzene rings is 1. The lowest BCUT2D eigenvalue weighted by atomic mass is 10.1. The standard InChI is InChI=1S/C11H12N2O2/c1-6-2-3-9-7(4-6)8(5-13-9)10(12)11(14)15/h2-5,10,13H,12H2,1H3,(H,14,15). The molecule has 1 atom stereocenters. The monoisotopic (exact) mass is 204 g/mol. The van der Waals surface area contributed by atoms with Crippen molar-refractivity contribution in [2.24, 2.45) is 5.73 Å². The van der Waals surface area contributed by atoms with Gasteiger partial charge in [-0.05, 0) is 19.1 Å². The summed E-state index contributed by atoms with van der Waals surface area (Å²) >= 11 is 0. The predicted octanol–water partition coefficient (Wildman–Crippen LogP) is 1.56. The Kier molecular flexibility index (Phi) is 2.21. The molecule has 1 aromatic carbocycles. The number of H-pyrrole nitrogens is 1. The van der Waals surface area contributed by atoms with E-state index in [0.29, 0.717) is 5.56 Å². The third kappa shape index (κ3) is 1.59. The van der Waals surface area contributed by atoms with Crippen molar-refractivity contribution >= 4 is 16.9 Å². The van der Waals surface area contributed by atoms with Crippen LogP contribution in [0.4, 0.5) is 0 Å². The molecule has 0 aliphatic rings. The van der Waals surface area contributed by atoms with Gasteiger partial charge in [0, 0.05) is 22.7 Å². The first kappa shape index (κ1) is 9.73. The summed E-state index contributed by atoms with van der Waals surface area (Å²) in [5.41, 5.74) is 8.20. The number of fused-ring (bicyclic) bond motifs is 1. The lowest BCUT2D eigenvalue weighted by Gasteiger charge is -2.04. The molecule has 78 valence electrons. The van der Waals surface area contributed by atoms with Crippen molar-refractivity contribution in [2.75, 3.05) is 0 Å². The number of aromatic nitrogens is 1. The summed E-state index contributed by atoms with van der Waals surface area (Å²) in [6.45, 7) is 1.96. The largest absolute Gasteiger partial charge is 0.480 e. The fourth-order valence-corrected chi connectivity index (χ4v) is 1.65. The highest BCUT2D eigenvalue weighted by Crippen LogP contribution is 2.23. The molecule has 0 aliphatic heterocycles. The van der Waals surface area contributed by atoms with E-state index < -0.39 is 12.0 Å². The van der Waals surface area contributed by atoms with Crippen LogP contribution in [0.15, 0.2) is 24.4 Å². The Morgan fingerprint density at radius 2 is 2.27 bits per heavy atom. The number of nitrogens with two attached hydrogens (primary N) is 1. The molecule has 0 fully saturated rings. The molecule has 0 amide bonds. The molecule has 0 bridgehead atoms. The van der Waals surface area contributed by atoms with Crippen LogP contribution in [-0.4, -0.2) is 16.1 Å². The third-order valence-electron chi connectivity index (χ3n) is 2.47. The second-order valence-corrected chi connectivity index (χ2v) is 3.61. The number of carbonyl (C=O) groups is 1. The van der Waals surface area contributed by atoms with Crippen molar-refractivity contribution < 1.29 is 9.90 Å². The van der Waals surface area contributed by atoms with Gasteiger partial charge in [0.2, 0.25) is 0 Å². The molecule has 1 heterocycles. The van der Waals surface area contributed by atoms with Crippen molar-refractivity contribution in [1.29, 1.82) is 0 Å². The fraction of sp³-hybridized carbons (Fsp3) is 0.182. The van der Waals surface area contributed by atoms with Gasteiger partial charge in [0.05, 0.1) is 0 Å². The number of nitrogens with one attached hydrogen (secondary N) is 1. The summed E-state index contributed by atoms with van der Waals surface area (Å²) in [5, 5.41) is 9.72. The van der Waals surface area contributed by atoms with Gasteiger partial charge in [-0.25, -0.2) is 0 Å². The first-order valence-electron chi connectivity index (χ1n) is 4.65. The summed E-state index contributed by atoms with van der Waals surface area (Å²) in [5.74, 6) is -1.02. The fourth-order valence-electron chi connectivity index (χ4n) is 1.65. The summed E-state index contributed by atoms with van der Waals surface area (Å²) in [7, 11) is 0. The van der Waals surface area contributed by atoms with Gasteiger partial charge in [-0.15, -0.1) is 0 Å². The molecule has 0 saturated carbocycles. The number of hydrogen-bond acceptors (Lipinski definition) is 2. The summed E-state index contributed by atoms with van der Waals surface area (Å²) < 4.78 is 0. The summed E-state index contributed by atoms with van der Waals surface area (Å²) in [4.78, 5) is 13.8. The molecule has 0 saturated heterocycles.